The van der Waals surface area contributed by atoms with Gasteiger partial charge in [-0.3, -0.25) is 34.2 Å². The second-order valence-corrected chi connectivity index (χ2v) is 17.7. The third kappa shape index (κ3) is 8.24. The minimum Gasteiger partial charge on any atom is -0.371 e. The number of pyridine rings is 1. The number of nitriles is 1. The van der Waals surface area contributed by atoms with Crippen LogP contribution in [-0.2, 0) is 15.8 Å². The molecule has 7 heterocycles. The SMILES string of the molecule is N#Cc1ncc(N2CCC3(CCN(C(=O)c4ccc(C#CC5CCN(C6CCN(c7cccc8c7C(=O)N(C7CCC(=O)NC7=O)C8=O)CC6)CC5)cc4)C3)CC2)cc1C(F)(F)F. The van der Waals surface area contributed by atoms with Crippen molar-refractivity contribution in [1.82, 2.24) is 25.0 Å². The van der Waals surface area contributed by atoms with E-state index in [2.05, 4.69) is 31.9 Å². The number of carbonyl (C=O) groups excluding carboxylic acids is 5. The maximum absolute atomic E-state index is 13.7. The maximum Gasteiger partial charge on any atom is 0.419 e. The molecule has 0 bridgehead atoms. The fourth-order valence-corrected chi connectivity index (χ4v) is 10.4. The first kappa shape index (κ1) is 42.1. The standard InChI is InChI=1S/C47H47F3N8O5/c48-47(49,50)36-26-34(28-52-37(36)27-51)55-23-16-46(17-24-55)18-25-57(29-46)43(61)32-8-6-30(7-9-32)4-5-31-12-19-54(20-13-31)33-14-21-56(22-15-33)38-3-1-2-35-41(38)45(63)58(44(35)62)39-10-11-40(59)53-42(39)60/h1-3,6-9,26,28,31,33,39H,10-25,29H2,(H,53,59,60). The Balaban J connectivity index is 0.732. The van der Waals surface area contributed by atoms with Gasteiger partial charge in [0, 0.05) is 68.8 Å². The highest BCUT2D eigenvalue weighted by Crippen LogP contribution is 2.43. The van der Waals surface area contributed by atoms with Crippen molar-refractivity contribution in [2.75, 3.05) is 62.2 Å². The van der Waals surface area contributed by atoms with Crippen molar-refractivity contribution in [2.24, 2.45) is 11.3 Å². The quantitative estimate of drug-likeness (QED) is 0.267. The van der Waals surface area contributed by atoms with Crippen molar-refractivity contribution < 1.29 is 37.1 Å². The van der Waals surface area contributed by atoms with Crippen molar-refractivity contribution in [3.8, 4) is 17.9 Å². The van der Waals surface area contributed by atoms with Gasteiger partial charge in [0.1, 0.15) is 12.1 Å². The number of hydrogen-bond donors (Lipinski definition) is 1. The van der Waals surface area contributed by atoms with Crippen LogP contribution in [0.15, 0.2) is 54.7 Å². The number of fused-ring (bicyclic) bond motifs is 1. The van der Waals surface area contributed by atoms with E-state index in [1.165, 1.54) is 12.3 Å². The van der Waals surface area contributed by atoms with Gasteiger partial charge in [-0.2, -0.15) is 18.4 Å². The van der Waals surface area contributed by atoms with Gasteiger partial charge in [-0.05, 0) is 112 Å². The zero-order chi connectivity index (χ0) is 44.0. The Hall–Kier alpha value is -6.26. The minimum absolute atomic E-state index is 0.0363. The first-order valence-corrected chi connectivity index (χ1v) is 21.8. The summed E-state index contributed by atoms with van der Waals surface area (Å²) in [5, 5.41) is 11.4. The van der Waals surface area contributed by atoms with E-state index in [4.69, 9.17) is 5.26 Å². The van der Waals surface area contributed by atoms with Crippen molar-refractivity contribution in [2.45, 2.75) is 76.0 Å². The van der Waals surface area contributed by atoms with E-state index in [9.17, 15) is 37.1 Å². The predicted molar refractivity (Wildman–Crippen MR) is 224 cm³/mol. The number of imide groups is 2. The molecule has 13 nitrogen and oxygen atoms in total. The van der Waals surface area contributed by atoms with Crippen molar-refractivity contribution >= 4 is 40.9 Å². The van der Waals surface area contributed by atoms with E-state index in [-0.39, 0.29) is 30.1 Å². The lowest BCUT2D eigenvalue weighted by molar-refractivity contribution is -0.138. The molecule has 9 rings (SSSR count). The average molecular weight is 861 g/mol. The molecule has 1 aromatic heterocycles. The molecule has 6 aliphatic heterocycles. The number of amides is 5. The molecule has 5 fully saturated rings. The summed E-state index contributed by atoms with van der Waals surface area (Å²) >= 11 is 0. The number of anilines is 2. The van der Waals surface area contributed by atoms with E-state index < -0.39 is 47.1 Å². The molecule has 3 aromatic rings. The molecule has 0 saturated carbocycles. The number of nitrogens with one attached hydrogen (secondary N) is 1. The van der Waals surface area contributed by atoms with Crippen LogP contribution in [0.5, 0.6) is 0 Å². The number of piperidine rings is 4. The predicted octanol–water partition coefficient (Wildman–Crippen LogP) is 5.24. The number of alkyl halides is 3. The summed E-state index contributed by atoms with van der Waals surface area (Å²) in [4.78, 5) is 78.1. The number of rotatable bonds is 5. The third-order valence-electron chi connectivity index (χ3n) is 14.0. The van der Waals surface area contributed by atoms with E-state index in [1.54, 1.807) is 12.1 Å². The van der Waals surface area contributed by atoms with Crippen LogP contribution in [0.25, 0.3) is 0 Å². The topological polar surface area (TPSA) is 150 Å². The van der Waals surface area contributed by atoms with Crippen LogP contribution >= 0.6 is 0 Å². The second-order valence-electron chi connectivity index (χ2n) is 17.7. The van der Waals surface area contributed by atoms with Gasteiger partial charge >= 0.3 is 6.18 Å². The molecule has 326 valence electrons. The molecule has 1 atom stereocenters. The normalized spacial score (nSPS) is 22.2. The second kappa shape index (κ2) is 16.8. The van der Waals surface area contributed by atoms with E-state index in [0.717, 1.165) is 87.7 Å². The summed E-state index contributed by atoms with van der Waals surface area (Å²) in [6, 6.07) is 14.7. The molecule has 1 N–H and O–H groups in total. The van der Waals surface area contributed by atoms with Crippen molar-refractivity contribution in [3.63, 3.8) is 0 Å². The molecular weight excluding hydrogens is 814 g/mol. The Kier molecular flexibility index (Phi) is 11.2. The summed E-state index contributed by atoms with van der Waals surface area (Å²) in [6.07, 6.45) is 2.91. The van der Waals surface area contributed by atoms with Gasteiger partial charge in [0.25, 0.3) is 17.7 Å². The largest absolute Gasteiger partial charge is 0.419 e. The number of nitrogens with zero attached hydrogens (tertiary/aromatic N) is 7. The van der Waals surface area contributed by atoms with Gasteiger partial charge in [-0.1, -0.05) is 17.9 Å². The van der Waals surface area contributed by atoms with Gasteiger partial charge < -0.3 is 19.6 Å². The summed E-state index contributed by atoms with van der Waals surface area (Å²) < 4.78 is 40.6. The number of likely N-dealkylation sites (tertiary alicyclic amines) is 2. The Morgan fingerprint density at radius 3 is 2.24 bits per heavy atom. The molecule has 1 spiro atoms. The molecule has 1 unspecified atom stereocenters. The number of aromatic nitrogens is 1. The molecule has 0 radical (unpaired) electrons. The zero-order valence-corrected chi connectivity index (χ0v) is 34.8. The molecule has 2 aromatic carbocycles. The average Bonchev–Trinajstić information content (AvgIpc) is 3.82. The van der Waals surface area contributed by atoms with Gasteiger partial charge in [0.15, 0.2) is 5.69 Å². The first-order valence-electron chi connectivity index (χ1n) is 21.8. The molecule has 5 saturated heterocycles. The van der Waals surface area contributed by atoms with Crippen LogP contribution in [0.2, 0.25) is 0 Å². The van der Waals surface area contributed by atoms with E-state index in [0.29, 0.717) is 60.3 Å². The lowest BCUT2D eigenvalue weighted by atomic mass is 9.77. The highest BCUT2D eigenvalue weighted by molar-refractivity contribution is 6.25. The highest BCUT2D eigenvalue weighted by atomic mass is 19.4. The van der Waals surface area contributed by atoms with Gasteiger partial charge in [-0.15, -0.1) is 0 Å². The number of halogens is 3. The van der Waals surface area contributed by atoms with Crippen molar-refractivity contribution in [3.05, 3.63) is 88.2 Å². The maximum atomic E-state index is 13.7. The lowest BCUT2D eigenvalue weighted by Gasteiger charge is -2.42. The Morgan fingerprint density at radius 2 is 1.56 bits per heavy atom. The molecule has 63 heavy (non-hydrogen) atoms. The van der Waals surface area contributed by atoms with Gasteiger partial charge in [0.2, 0.25) is 11.8 Å². The first-order chi connectivity index (χ1) is 30.3. The summed E-state index contributed by atoms with van der Waals surface area (Å²) in [7, 11) is 0. The zero-order valence-electron chi connectivity index (χ0n) is 34.8. The molecule has 5 amide bonds. The summed E-state index contributed by atoms with van der Waals surface area (Å²) in [6.45, 7) is 5.64. The lowest BCUT2D eigenvalue weighted by Crippen LogP contribution is -2.54. The van der Waals surface area contributed by atoms with Crippen molar-refractivity contribution in [1.29, 1.82) is 5.26 Å². The van der Waals surface area contributed by atoms with Gasteiger partial charge in [0.05, 0.1) is 34.3 Å². The smallest absolute Gasteiger partial charge is 0.371 e. The number of carbonyl (C=O) groups is 5. The third-order valence-corrected chi connectivity index (χ3v) is 14.0. The summed E-state index contributed by atoms with van der Waals surface area (Å²) in [5.74, 6) is 5.01. The molecule has 6 aliphatic rings. The monoisotopic (exact) mass is 860 g/mol. The summed E-state index contributed by atoms with van der Waals surface area (Å²) in [5.41, 5.74) is 1.39. The molecule has 16 heteroatoms. The van der Waals surface area contributed by atoms with Crippen LogP contribution in [-0.4, -0.2) is 114 Å². The Labute approximate surface area is 363 Å². The van der Waals surface area contributed by atoms with Crippen LogP contribution in [0.3, 0.4) is 0 Å². The van der Waals surface area contributed by atoms with Crippen LogP contribution < -0.4 is 15.1 Å². The molecule has 0 aliphatic carbocycles. The van der Waals surface area contributed by atoms with Gasteiger partial charge in [-0.25, -0.2) is 4.98 Å². The van der Waals surface area contributed by atoms with E-state index >= 15 is 0 Å². The Bertz CT molecular complexity index is 2450. The highest BCUT2D eigenvalue weighted by Gasteiger charge is 2.47. The number of benzene rings is 2. The fourth-order valence-electron chi connectivity index (χ4n) is 10.4. The van der Waals surface area contributed by atoms with E-state index in [1.807, 2.05) is 40.1 Å². The van der Waals surface area contributed by atoms with Crippen LogP contribution in [0.4, 0.5) is 24.5 Å². The molecular formula is C47H47F3N8O5. The minimum atomic E-state index is -4.66. The Morgan fingerprint density at radius 1 is 0.841 bits per heavy atom. The number of hydrogen-bond acceptors (Lipinski definition) is 10. The van der Waals surface area contributed by atoms with Crippen LogP contribution in [0.1, 0.15) is 106 Å². The fraction of sp³-hybridized carbons (Fsp3) is 0.468. The van der Waals surface area contributed by atoms with Crippen LogP contribution in [0, 0.1) is 34.5 Å².